The second-order valence-corrected chi connectivity index (χ2v) is 2.66. The molecular formula is C7H14N3O3+. The van der Waals surface area contributed by atoms with Gasteiger partial charge >= 0.3 is 11.3 Å². The summed E-state index contributed by atoms with van der Waals surface area (Å²) in [5.41, 5.74) is 0.225. The van der Waals surface area contributed by atoms with Crippen LogP contribution in [0.25, 0.3) is 0 Å². The lowest BCUT2D eigenvalue weighted by Gasteiger charge is -1.97. The Hall–Kier alpha value is -1.14. The Balaban J connectivity index is 2.40. The smallest absolute Gasteiger partial charge is 0.383 e. The van der Waals surface area contributed by atoms with Gasteiger partial charge in [0.05, 0.1) is 13.2 Å². The van der Waals surface area contributed by atoms with E-state index in [4.69, 9.17) is 4.74 Å². The highest BCUT2D eigenvalue weighted by atomic mass is 16.5. The number of ether oxygens (including phenoxy) is 1. The van der Waals surface area contributed by atoms with Crippen molar-refractivity contribution in [2.75, 3.05) is 20.3 Å². The Bertz CT molecular complexity index is 304. The fraction of sp³-hybridized carbons (Fsp3) is 0.714. The molecule has 0 fully saturated rings. The molecule has 0 aliphatic rings. The SMILES string of the molecule is COCCNCc1c(=O)o[nH][n+]1C. The molecular weight excluding hydrogens is 174 g/mol. The fourth-order valence-electron chi connectivity index (χ4n) is 0.933. The number of H-pyrrole nitrogens is 1. The zero-order valence-corrected chi connectivity index (χ0v) is 7.79. The maximum absolute atomic E-state index is 11.0. The fourth-order valence-corrected chi connectivity index (χ4v) is 0.933. The number of hydrogen-bond donors (Lipinski definition) is 2. The van der Waals surface area contributed by atoms with E-state index in [1.165, 1.54) is 0 Å². The Labute approximate surface area is 75.4 Å². The van der Waals surface area contributed by atoms with Crippen molar-refractivity contribution in [2.45, 2.75) is 6.54 Å². The van der Waals surface area contributed by atoms with E-state index in [2.05, 4.69) is 15.1 Å². The van der Waals surface area contributed by atoms with Crippen LogP contribution in [0.1, 0.15) is 5.69 Å². The first-order valence-electron chi connectivity index (χ1n) is 4.01. The molecule has 1 aromatic rings. The highest BCUT2D eigenvalue weighted by Crippen LogP contribution is 1.78. The minimum Gasteiger partial charge on any atom is -0.383 e. The number of aromatic nitrogens is 2. The van der Waals surface area contributed by atoms with Gasteiger partial charge in [0.2, 0.25) is 0 Å². The maximum Gasteiger partial charge on any atom is 0.431 e. The summed E-state index contributed by atoms with van der Waals surface area (Å²) in [7, 11) is 3.35. The average Bonchev–Trinajstić information content (AvgIpc) is 2.42. The first kappa shape index (κ1) is 9.94. The Kier molecular flexibility index (Phi) is 3.66. The second kappa shape index (κ2) is 4.78. The van der Waals surface area contributed by atoms with Gasteiger partial charge in [0.15, 0.2) is 7.05 Å². The number of hydrogen-bond acceptors (Lipinski definition) is 4. The number of nitrogens with zero attached hydrogens (tertiary/aromatic N) is 1. The van der Waals surface area contributed by atoms with E-state index in [1.54, 1.807) is 18.8 Å². The van der Waals surface area contributed by atoms with E-state index in [0.717, 1.165) is 0 Å². The van der Waals surface area contributed by atoms with Crippen LogP contribution in [0.4, 0.5) is 0 Å². The minimum absolute atomic E-state index is 0.340. The Morgan fingerprint density at radius 2 is 2.46 bits per heavy atom. The number of rotatable bonds is 5. The number of aromatic amines is 1. The van der Waals surface area contributed by atoms with Gasteiger partial charge in [-0.3, -0.25) is 4.52 Å². The standard InChI is InChI=1S/C7H13N3O3/c1-10-6(7(11)13-9-10)5-8-3-4-12-2/h8H,3-5H2,1-2H3/p+1. The molecule has 0 radical (unpaired) electrons. The van der Waals surface area contributed by atoms with Gasteiger partial charge in [-0.2, -0.15) is 0 Å². The highest BCUT2D eigenvalue weighted by molar-refractivity contribution is 4.81. The van der Waals surface area contributed by atoms with Crippen molar-refractivity contribution in [3.8, 4) is 0 Å². The molecule has 13 heavy (non-hydrogen) atoms. The first-order chi connectivity index (χ1) is 6.25. The number of aryl methyl sites for hydroxylation is 1. The van der Waals surface area contributed by atoms with Crippen LogP contribution in [0, 0.1) is 0 Å². The predicted octanol–water partition coefficient (Wildman–Crippen LogP) is -1.47. The molecule has 0 unspecified atom stereocenters. The number of nitrogens with one attached hydrogen (secondary N) is 2. The third-order valence-electron chi connectivity index (χ3n) is 1.69. The molecule has 0 aromatic carbocycles. The molecule has 1 aromatic heterocycles. The van der Waals surface area contributed by atoms with Crippen LogP contribution in [0.5, 0.6) is 0 Å². The van der Waals surface area contributed by atoms with Crippen molar-refractivity contribution in [3.05, 3.63) is 16.1 Å². The van der Waals surface area contributed by atoms with Crippen molar-refractivity contribution >= 4 is 0 Å². The molecule has 0 spiro atoms. The van der Waals surface area contributed by atoms with E-state index in [1.807, 2.05) is 0 Å². The van der Waals surface area contributed by atoms with Gasteiger partial charge in [0.25, 0.3) is 0 Å². The Morgan fingerprint density at radius 3 is 3.00 bits per heavy atom. The summed E-state index contributed by atoms with van der Waals surface area (Å²) in [6, 6.07) is 0. The normalized spacial score (nSPS) is 10.6. The van der Waals surface area contributed by atoms with Crippen LogP contribution in [0.3, 0.4) is 0 Å². The second-order valence-electron chi connectivity index (χ2n) is 2.66. The molecule has 0 aliphatic carbocycles. The third kappa shape index (κ3) is 2.67. The van der Waals surface area contributed by atoms with Gasteiger partial charge < -0.3 is 10.1 Å². The lowest BCUT2D eigenvalue weighted by atomic mass is 10.4. The van der Waals surface area contributed by atoms with E-state index in [9.17, 15) is 4.79 Å². The molecule has 0 saturated heterocycles. The van der Waals surface area contributed by atoms with Gasteiger partial charge in [-0.05, 0) is 5.27 Å². The van der Waals surface area contributed by atoms with Gasteiger partial charge in [0, 0.05) is 13.7 Å². The Morgan fingerprint density at radius 1 is 1.69 bits per heavy atom. The van der Waals surface area contributed by atoms with Crippen LogP contribution in [-0.4, -0.2) is 25.5 Å². The molecule has 6 heteroatoms. The van der Waals surface area contributed by atoms with Crippen molar-refractivity contribution in [1.82, 2.24) is 10.6 Å². The molecule has 0 aliphatic heterocycles. The largest absolute Gasteiger partial charge is 0.431 e. The molecule has 0 saturated carbocycles. The molecule has 2 N–H and O–H groups in total. The van der Waals surface area contributed by atoms with Gasteiger partial charge in [-0.1, -0.05) is 4.68 Å². The quantitative estimate of drug-likeness (QED) is 0.437. The van der Waals surface area contributed by atoms with E-state index in [0.29, 0.717) is 25.4 Å². The highest BCUT2D eigenvalue weighted by Gasteiger charge is 2.15. The zero-order chi connectivity index (χ0) is 9.68. The maximum atomic E-state index is 11.0. The zero-order valence-electron chi connectivity index (χ0n) is 7.79. The molecule has 6 nitrogen and oxygen atoms in total. The van der Waals surface area contributed by atoms with Crippen LogP contribution < -0.4 is 15.6 Å². The van der Waals surface area contributed by atoms with E-state index < -0.39 is 0 Å². The molecule has 0 atom stereocenters. The van der Waals surface area contributed by atoms with Gasteiger partial charge in [-0.15, -0.1) is 0 Å². The van der Waals surface area contributed by atoms with E-state index >= 15 is 0 Å². The summed E-state index contributed by atoms with van der Waals surface area (Å²) in [4.78, 5) is 11.0. The third-order valence-corrected chi connectivity index (χ3v) is 1.69. The first-order valence-corrected chi connectivity index (χ1v) is 4.01. The average molecular weight is 188 g/mol. The van der Waals surface area contributed by atoms with Gasteiger partial charge in [0.1, 0.15) is 0 Å². The van der Waals surface area contributed by atoms with Crippen molar-refractivity contribution in [1.29, 1.82) is 0 Å². The van der Waals surface area contributed by atoms with Crippen LogP contribution in [0.15, 0.2) is 9.32 Å². The monoisotopic (exact) mass is 188 g/mol. The van der Waals surface area contributed by atoms with Crippen molar-refractivity contribution in [2.24, 2.45) is 7.05 Å². The summed E-state index contributed by atoms with van der Waals surface area (Å²) in [6.07, 6.45) is 0. The molecule has 1 heterocycles. The predicted molar refractivity (Wildman–Crippen MR) is 44.1 cm³/mol. The lowest BCUT2D eigenvalue weighted by Crippen LogP contribution is -2.39. The van der Waals surface area contributed by atoms with Crippen LogP contribution in [0.2, 0.25) is 0 Å². The molecule has 0 bridgehead atoms. The van der Waals surface area contributed by atoms with Crippen molar-refractivity contribution in [3.63, 3.8) is 0 Å². The summed E-state index contributed by atoms with van der Waals surface area (Å²) >= 11 is 0. The summed E-state index contributed by atoms with van der Waals surface area (Å²) in [6.45, 7) is 1.81. The minimum atomic E-state index is -0.340. The lowest BCUT2D eigenvalue weighted by molar-refractivity contribution is -0.746. The van der Waals surface area contributed by atoms with Gasteiger partial charge in [-0.25, -0.2) is 4.79 Å². The molecule has 0 amide bonds. The summed E-state index contributed by atoms with van der Waals surface area (Å²) < 4.78 is 11.0. The number of methoxy groups -OCH3 is 1. The van der Waals surface area contributed by atoms with E-state index in [-0.39, 0.29) is 5.63 Å². The van der Waals surface area contributed by atoms with Crippen molar-refractivity contribution < 1.29 is 13.9 Å². The summed E-state index contributed by atoms with van der Waals surface area (Å²) in [5.74, 6) is 0. The molecule has 74 valence electrons. The topological polar surface area (TPSA) is 71.1 Å². The summed E-state index contributed by atoms with van der Waals surface area (Å²) in [5, 5.41) is 5.48. The van der Waals surface area contributed by atoms with Crippen LogP contribution in [-0.2, 0) is 18.3 Å². The molecule has 1 rings (SSSR count). The van der Waals surface area contributed by atoms with Crippen LogP contribution >= 0.6 is 0 Å².